The average Bonchev–Trinajstić information content (AvgIpc) is 2.41. The van der Waals surface area contributed by atoms with Crippen LogP contribution in [0.2, 0.25) is 0 Å². The Morgan fingerprint density at radius 3 is 2.71 bits per heavy atom. The molecule has 0 aromatic heterocycles. The van der Waals surface area contributed by atoms with Gasteiger partial charge in [-0.05, 0) is 44.6 Å². The van der Waals surface area contributed by atoms with Gasteiger partial charge in [-0.15, -0.1) is 12.4 Å². The van der Waals surface area contributed by atoms with Gasteiger partial charge >= 0.3 is 0 Å². The second kappa shape index (κ2) is 7.43. The van der Waals surface area contributed by atoms with Crippen LogP contribution in [-0.4, -0.2) is 37.8 Å². The highest BCUT2D eigenvalue weighted by atomic mass is 35.5. The number of halogens is 2. The Balaban J connectivity index is 0.00000220. The van der Waals surface area contributed by atoms with Crippen molar-refractivity contribution in [3.63, 3.8) is 0 Å². The van der Waals surface area contributed by atoms with E-state index in [0.717, 1.165) is 37.8 Å². The van der Waals surface area contributed by atoms with E-state index in [1.54, 1.807) is 12.1 Å². The molecule has 0 amide bonds. The molecule has 120 valence electrons. The Kier molecular flexibility index (Phi) is 6.44. The van der Waals surface area contributed by atoms with Gasteiger partial charge in [0.25, 0.3) is 0 Å². The smallest absolute Gasteiger partial charge is 0.165 e. The minimum atomic E-state index is -0.885. The lowest BCUT2D eigenvalue weighted by atomic mass is 9.71. The lowest BCUT2D eigenvalue weighted by molar-refractivity contribution is -0.0620. The quantitative estimate of drug-likeness (QED) is 0.925. The van der Waals surface area contributed by atoms with Crippen molar-refractivity contribution in [2.75, 3.05) is 27.7 Å². The highest BCUT2D eigenvalue weighted by molar-refractivity contribution is 5.85. The molecule has 1 saturated carbocycles. The van der Waals surface area contributed by atoms with E-state index in [2.05, 4.69) is 4.90 Å². The molecule has 0 aliphatic heterocycles. The van der Waals surface area contributed by atoms with Crippen LogP contribution >= 0.6 is 12.4 Å². The molecule has 21 heavy (non-hydrogen) atoms. The minimum Gasteiger partial charge on any atom is -0.494 e. The van der Waals surface area contributed by atoms with Crippen molar-refractivity contribution >= 4 is 12.4 Å². The predicted octanol–water partition coefficient (Wildman–Crippen LogP) is 3.20. The number of ether oxygens (including phenoxy) is 1. The van der Waals surface area contributed by atoms with E-state index >= 15 is 0 Å². The van der Waals surface area contributed by atoms with E-state index in [4.69, 9.17) is 4.74 Å². The largest absolute Gasteiger partial charge is 0.494 e. The van der Waals surface area contributed by atoms with Crippen LogP contribution in [0.25, 0.3) is 0 Å². The van der Waals surface area contributed by atoms with Gasteiger partial charge in [0.15, 0.2) is 11.6 Å². The Hall–Kier alpha value is -0.840. The van der Waals surface area contributed by atoms with Gasteiger partial charge in [0.2, 0.25) is 0 Å². The van der Waals surface area contributed by atoms with Crippen molar-refractivity contribution in [1.29, 1.82) is 0 Å². The summed E-state index contributed by atoms with van der Waals surface area (Å²) in [6.07, 6.45) is 3.86. The fraction of sp³-hybridized carbons (Fsp3) is 0.625. The Bertz CT molecular complexity index is 470. The third-order valence-electron chi connectivity index (χ3n) is 4.27. The monoisotopic (exact) mass is 317 g/mol. The lowest BCUT2D eigenvalue weighted by Crippen LogP contribution is -2.43. The summed E-state index contributed by atoms with van der Waals surface area (Å²) >= 11 is 0. The molecule has 1 aliphatic carbocycles. The maximum Gasteiger partial charge on any atom is 0.165 e. The molecule has 2 atom stereocenters. The van der Waals surface area contributed by atoms with Crippen LogP contribution in [0.4, 0.5) is 4.39 Å². The molecule has 0 heterocycles. The molecule has 2 unspecified atom stereocenters. The first kappa shape index (κ1) is 18.2. The van der Waals surface area contributed by atoms with Crippen LogP contribution in [0, 0.1) is 11.7 Å². The summed E-state index contributed by atoms with van der Waals surface area (Å²) in [7, 11) is 5.48. The number of rotatable bonds is 4. The highest BCUT2D eigenvalue weighted by Gasteiger charge is 2.40. The zero-order valence-electron chi connectivity index (χ0n) is 12.9. The van der Waals surface area contributed by atoms with Crippen molar-refractivity contribution < 1.29 is 14.2 Å². The second-order valence-electron chi connectivity index (χ2n) is 5.98. The maximum absolute atomic E-state index is 13.6. The van der Waals surface area contributed by atoms with Gasteiger partial charge in [0.05, 0.1) is 12.7 Å². The second-order valence-corrected chi connectivity index (χ2v) is 5.98. The highest BCUT2D eigenvalue weighted by Crippen LogP contribution is 2.43. The molecule has 0 bridgehead atoms. The van der Waals surface area contributed by atoms with Crippen molar-refractivity contribution in [3.8, 4) is 5.75 Å². The lowest BCUT2D eigenvalue weighted by Gasteiger charge is -2.41. The van der Waals surface area contributed by atoms with E-state index in [-0.39, 0.29) is 29.9 Å². The minimum absolute atomic E-state index is 0. The van der Waals surface area contributed by atoms with Gasteiger partial charge < -0.3 is 14.7 Å². The van der Waals surface area contributed by atoms with E-state index in [1.165, 1.54) is 13.2 Å². The summed E-state index contributed by atoms with van der Waals surface area (Å²) in [5.74, 6) is -0.0219. The normalized spacial score (nSPS) is 25.5. The van der Waals surface area contributed by atoms with Crippen LogP contribution < -0.4 is 4.74 Å². The zero-order chi connectivity index (χ0) is 14.8. The van der Waals surface area contributed by atoms with Crippen LogP contribution in [0.5, 0.6) is 5.75 Å². The number of methoxy groups -OCH3 is 1. The molecule has 1 N–H and O–H groups in total. The summed E-state index contributed by atoms with van der Waals surface area (Å²) in [6.45, 7) is 0.830. The average molecular weight is 318 g/mol. The van der Waals surface area contributed by atoms with E-state index in [9.17, 15) is 9.50 Å². The predicted molar refractivity (Wildman–Crippen MR) is 84.6 cm³/mol. The standard InChI is InChI=1S/C16H24FNO2.ClH/c1-18(2)11-13-6-4-5-9-16(13,19)12-7-8-14(17)15(10-12)20-3;/h7-8,10,13,19H,4-6,9,11H2,1-3H3;1H. The molecule has 3 nitrogen and oxygen atoms in total. The van der Waals surface area contributed by atoms with Gasteiger partial charge in [0.1, 0.15) is 0 Å². The van der Waals surface area contributed by atoms with Crippen LogP contribution in [0.1, 0.15) is 31.2 Å². The van der Waals surface area contributed by atoms with Gasteiger partial charge in [-0.2, -0.15) is 0 Å². The Morgan fingerprint density at radius 1 is 1.38 bits per heavy atom. The van der Waals surface area contributed by atoms with Crippen molar-refractivity contribution in [1.82, 2.24) is 4.90 Å². The van der Waals surface area contributed by atoms with Gasteiger partial charge in [-0.25, -0.2) is 4.39 Å². The molecule has 1 aliphatic rings. The third kappa shape index (κ3) is 3.87. The number of hydrogen-bond acceptors (Lipinski definition) is 3. The van der Waals surface area contributed by atoms with Crippen molar-refractivity contribution in [2.45, 2.75) is 31.3 Å². The van der Waals surface area contributed by atoms with E-state index < -0.39 is 5.60 Å². The number of benzene rings is 1. The first-order chi connectivity index (χ1) is 9.47. The summed E-state index contributed by atoms with van der Waals surface area (Å²) in [5.41, 5.74) is -0.119. The fourth-order valence-electron chi connectivity index (χ4n) is 3.22. The van der Waals surface area contributed by atoms with Crippen LogP contribution in [0.15, 0.2) is 18.2 Å². The van der Waals surface area contributed by atoms with Crippen molar-refractivity contribution in [3.05, 3.63) is 29.6 Å². The molecule has 1 aromatic rings. The maximum atomic E-state index is 13.6. The topological polar surface area (TPSA) is 32.7 Å². The first-order valence-corrected chi connectivity index (χ1v) is 7.18. The van der Waals surface area contributed by atoms with Crippen molar-refractivity contribution in [2.24, 2.45) is 5.92 Å². The Morgan fingerprint density at radius 2 is 2.10 bits per heavy atom. The molecular weight excluding hydrogens is 293 g/mol. The van der Waals surface area contributed by atoms with Gasteiger partial charge in [-0.3, -0.25) is 0 Å². The molecule has 2 rings (SSSR count). The molecule has 1 aromatic carbocycles. The van der Waals surface area contributed by atoms with Gasteiger partial charge in [-0.1, -0.05) is 18.9 Å². The molecule has 5 heteroatoms. The summed E-state index contributed by atoms with van der Waals surface area (Å²) in [6, 6.07) is 4.71. The molecule has 0 spiro atoms. The SMILES string of the molecule is COc1cc(C2(O)CCCCC2CN(C)C)ccc1F.Cl. The Labute approximate surface area is 132 Å². The zero-order valence-corrected chi connectivity index (χ0v) is 13.8. The summed E-state index contributed by atoms with van der Waals surface area (Å²) in [4.78, 5) is 2.10. The molecule has 0 radical (unpaired) electrons. The van der Waals surface area contributed by atoms with E-state index in [1.807, 2.05) is 14.1 Å². The van der Waals surface area contributed by atoms with Gasteiger partial charge in [0, 0.05) is 12.5 Å². The van der Waals surface area contributed by atoms with Crippen LogP contribution in [0.3, 0.4) is 0 Å². The molecule has 1 fully saturated rings. The summed E-state index contributed by atoms with van der Waals surface area (Å²) < 4.78 is 18.6. The molecular formula is C16H25ClFNO2. The number of hydrogen-bond donors (Lipinski definition) is 1. The number of nitrogens with zero attached hydrogens (tertiary/aromatic N) is 1. The van der Waals surface area contributed by atoms with Crippen LogP contribution in [-0.2, 0) is 5.60 Å². The van der Waals surface area contributed by atoms with E-state index in [0.29, 0.717) is 0 Å². The first-order valence-electron chi connectivity index (χ1n) is 7.18. The molecule has 0 saturated heterocycles. The fourth-order valence-corrected chi connectivity index (χ4v) is 3.22. The number of aliphatic hydroxyl groups is 1. The summed E-state index contributed by atoms with van der Waals surface area (Å²) in [5, 5.41) is 11.2. The third-order valence-corrected chi connectivity index (χ3v) is 4.27.